The van der Waals surface area contributed by atoms with Crippen molar-refractivity contribution in [2.24, 2.45) is 0 Å². The molecule has 29 heavy (non-hydrogen) atoms. The minimum absolute atomic E-state index is 0.0623. The fraction of sp³-hybridized carbons (Fsp3) is 0.650. The molecule has 2 aliphatic rings. The van der Waals surface area contributed by atoms with E-state index in [0.29, 0.717) is 63.6 Å². The maximum Gasteiger partial charge on any atom is 0.410 e. The van der Waals surface area contributed by atoms with Gasteiger partial charge in [0.2, 0.25) is 0 Å². The fourth-order valence-corrected chi connectivity index (χ4v) is 3.65. The van der Waals surface area contributed by atoms with Gasteiger partial charge in [0.1, 0.15) is 17.0 Å². The smallest absolute Gasteiger partial charge is 0.410 e. The van der Waals surface area contributed by atoms with Crippen molar-refractivity contribution in [2.45, 2.75) is 45.3 Å². The van der Waals surface area contributed by atoms with Crippen molar-refractivity contribution in [3.05, 3.63) is 28.3 Å². The van der Waals surface area contributed by atoms with Gasteiger partial charge in [-0.15, -0.1) is 0 Å². The summed E-state index contributed by atoms with van der Waals surface area (Å²) < 4.78 is 10.8. The van der Waals surface area contributed by atoms with Crippen molar-refractivity contribution < 1.29 is 19.2 Å². The molecule has 0 bridgehead atoms. The number of para-hydroxylation sites is 1. The predicted molar refractivity (Wildman–Crippen MR) is 111 cm³/mol. The molecule has 0 atom stereocenters. The zero-order valence-corrected chi connectivity index (χ0v) is 17.3. The first-order valence-electron chi connectivity index (χ1n) is 10.1. The van der Waals surface area contributed by atoms with Gasteiger partial charge < -0.3 is 24.6 Å². The molecular formula is C20H30N4O5. The molecule has 0 aliphatic carbocycles. The van der Waals surface area contributed by atoms with Crippen LogP contribution in [0.15, 0.2) is 18.2 Å². The molecule has 2 aliphatic heterocycles. The summed E-state index contributed by atoms with van der Waals surface area (Å²) in [5.41, 5.74) is 0.723. The average Bonchev–Trinajstić information content (AvgIpc) is 2.67. The van der Waals surface area contributed by atoms with Crippen molar-refractivity contribution in [2.75, 3.05) is 49.6 Å². The Morgan fingerprint density at radius 1 is 1.21 bits per heavy atom. The molecule has 9 nitrogen and oxygen atoms in total. The summed E-state index contributed by atoms with van der Waals surface area (Å²) in [7, 11) is 0. The van der Waals surface area contributed by atoms with Crippen LogP contribution in [0.25, 0.3) is 0 Å². The summed E-state index contributed by atoms with van der Waals surface area (Å²) >= 11 is 0. The van der Waals surface area contributed by atoms with Crippen molar-refractivity contribution in [1.29, 1.82) is 0 Å². The Hall–Kier alpha value is -2.55. The van der Waals surface area contributed by atoms with Gasteiger partial charge >= 0.3 is 11.8 Å². The topological polar surface area (TPSA) is 97.2 Å². The summed E-state index contributed by atoms with van der Waals surface area (Å²) in [6.45, 7) is 9.07. The summed E-state index contributed by atoms with van der Waals surface area (Å²) in [6.07, 6.45) is 1.10. The monoisotopic (exact) mass is 406 g/mol. The number of morpholine rings is 1. The van der Waals surface area contributed by atoms with Crippen LogP contribution in [0.3, 0.4) is 0 Å². The maximum atomic E-state index is 12.2. The van der Waals surface area contributed by atoms with Gasteiger partial charge in [-0.25, -0.2) is 4.79 Å². The van der Waals surface area contributed by atoms with Crippen molar-refractivity contribution in [3.8, 4) is 0 Å². The minimum atomic E-state index is -0.521. The van der Waals surface area contributed by atoms with Crippen LogP contribution in [0.5, 0.6) is 0 Å². The number of amides is 1. The lowest BCUT2D eigenvalue weighted by molar-refractivity contribution is -0.383. The molecule has 2 heterocycles. The van der Waals surface area contributed by atoms with Crippen molar-refractivity contribution in [3.63, 3.8) is 0 Å². The molecule has 1 aromatic rings. The average molecular weight is 406 g/mol. The van der Waals surface area contributed by atoms with Crippen LogP contribution in [-0.4, -0.2) is 67.0 Å². The van der Waals surface area contributed by atoms with Gasteiger partial charge in [0.25, 0.3) is 0 Å². The lowest BCUT2D eigenvalue weighted by Crippen LogP contribution is -2.44. The van der Waals surface area contributed by atoms with E-state index in [1.807, 2.05) is 31.7 Å². The maximum absolute atomic E-state index is 12.2. The zero-order chi connectivity index (χ0) is 21.0. The summed E-state index contributed by atoms with van der Waals surface area (Å²) in [6, 6.07) is 5.45. The number of nitro groups is 1. The molecule has 0 radical (unpaired) electrons. The predicted octanol–water partition coefficient (Wildman–Crippen LogP) is 3.24. The van der Waals surface area contributed by atoms with Crippen molar-refractivity contribution >= 4 is 23.2 Å². The second-order valence-corrected chi connectivity index (χ2v) is 8.42. The Morgan fingerprint density at radius 3 is 2.45 bits per heavy atom. The van der Waals surface area contributed by atoms with Crippen LogP contribution in [0.2, 0.25) is 0 Å². The highest BCUT2D eigenvalue weighted by Crippen LogP contribution is 2.36. The van der Waals surface area contributed by atoms with E-state index >= 15 is 0 Å². The molecule has 0 aromatic heterocycles. The normalized spacial score (nSPS) is 18.4. The number of carbonyl (C=O) groups is 1. The molecule has 2 saturated heterocycles. The van der Waals surface area contributed by atoms with Gasteiger partial charge in [0.15, 0.2) is 0 Å². The molecule has 160 valence electrons. The standard InChI is InChI=1S/C20H30N4O5/c1-20(2,3)29-19(25)23-9-7-15(8-10-23)21-16-5-4-6-17(18(16)24(26)27)22-11-13-28-14-12-22/h4-6,15,21H,7-14H2,1-3H3. The van der Waals surface area contributed by atoms with Gasteiger partial charge in [0, 0.05) is 32.2 Å². The molecule has 0 unspecified atom stereocenters. The molecule has 9 heteroatoms. The number of piperidine rings is 1. The van der Waals surface area contributed by atoms with E-state index in [4.69, 9.17) is 9.47 Å². The highest BCUT2D eigenvalue weighted by atomic mass is 16.6. The van der Waals surface area contributed by atoms with Crippen molar-refractivity contribution in [1.82, 2.24) is 4.90 Å². The van der Waals surface area contributed by atoms with Crippen LogP contribution >= 0.6 is 0 Å². The number of nitrogens with one attached hydrogen (secondary N) is 1. The van der Waals surface area contributed by atoms with E-state index < -0.39 is 5.60 Å². The number of benzene rings is 1. The third-order valence-corrected chi connectivity index (χ3v) is 5.06. The lowest BCUT2D eigenvalue weighted by atomic mass is 10.0. The zero-order valence-electron chi connectivity index (χ0n) is 17.3. The Bertz CT molecular complexity index is 735. The quantitative estimate of drug-likeness (QED) is 0.605. The number of hydrogen-bond donors (Lipinski definition) is 1. The van der Waals surface area contributed by atoms with E-state index in [1.165, 1.54) is 0 Å². The van der Waals surface area contributed by atoms with E-state index in [1.54, 1.807) is 17.0 Å². The van der Waals surface area contributed by atoms with E-state index in [-0.39, 0.29) is 22.7 Å². The number of ether oxygens (including phenoxy) is 2. The second-order valence-electron chi connectivity index (χ2n) is 8.42. The SMILES string of the molecule is CC(C)(C)OC(=O)N1CCC(Nc2cccc(N3CCOCC3)c2[N+](=O)[O-])CC1. The van der Waals surface area contributed by atoms with E-state index in [2.05, 4.69) is 5.32 Å². The number of nitrogens with zero attached hydrogens (tertiary/aromatic N) is 3. The largest absolute Gasteiger partial charge is 0.444 e. The third-order valence-electron chi connectivity index (χ3n) is 5.06. The first-order valence-corrected chi connectivity index (χ1v) is 10.1. The Morgan fingerprint density at radius 2 is 1.86 bits per heavy atom. The number of hydrogen-bond acceptors (Lipinski definition) is 7. The minimum Gasteiger partial charge on any atom is -0.444 e. The van der Waals surface area contributed by atoms with Gasteiger partial charge in [0.05, 0.1) is 18.1 Å². The number of likely N-dealkylation sites (tertiary alicyclic amines) is 1. The number of anilines is 2. The van der Waals surface area contributed by atoms with Gasteiger partial charge in [-0.05, 0) is 45.7 Å². The molecule has 3 rings (SSSR count). The highest BCUT2D eigenvalue weighted by Gasteiger charge is 2.30. The second kappa shape index (κ2) is 8.86. The number of rotatable bonds is 4. The van der Waals surface area contributed by atoms with Gasteiger partial charge in [-0.3, -0.25) is 10.1 Å². The fourth-order valence-electron chi connectivity index (χ4n) is 3.65. The van der Waals surface area contributed by atoms with Crippen LogP contribution in [0, 0.1) is 10.1 Å². The van der Waals surface area contributed by atoms with Crippen LogP contribution in [0.1, 0.15) is 33.6 Å². The Labute approximate surface area is 171 Å². The summed E-state index contributed by atoms with van der Waals surface area (Å²) in [5.74, 6) is 0. The molecule has 1 aromatic carbocycles. The molecule has 0 saturated carbocycles. The van der Waals surface area contributed by atoms with E-state index in [0.717, 1.165) is 0 Å². The van der Waals surface area contributed by atoms with Gasteiger partial charge in [-0.1, -0.05) is 6.07 Å². The molecule has 1 N–H and O–H groups in total. The molecule has 1 amide bonds. The van der Waals surface area contributed by atoms with Crippen LogP contribution in [-0.2, 0) is 9.47 Å². The number of nitro benzene ring substituents is 1. The highest BCUT2D eigenvalue weighted by molar-refractivity contribution is 5.77. The summed E-state index contributed by atoms with van der Waals surface area (Å²) in [4.78, 5) is 27.4. The molecular weight excluding hydrogens is 376 g/mol. The molecule has 2 fully saturated rings. The third kappa shape index (κ3) is 5.50. The molecule has 0 spiro atoms. The van der Waals surface area contributed by atoms with E-state index in [9.17, 15) is 14.9 Å². The summed E-state index contributed by atoms with van der Waals surface area (Å²) in [5, 5.41) is 15.2. The van der Waals surface area contributed by atoms with Gasteiger partial charge in [-0.2, -0.15) is 0 Å². The Balaban J connectivity index is 1.66. The van der Waals surface area contributed by atoms with Crippen LogP contribution < -0.4 is 10.2 Å². The first-order chi connectivity index (χ1) is 13.7. The van der Waals surface area contributed by atoms with Crippen LogP contribution in [0.4, 0.5) is 21.9 Å². The lowest BCUT2D eigenvalue weighted by Gasteiger charge is -2.34. The number of carbonyl (C=O) groups excluding carboxylic acids is 1. The Kier molecular flexibility index (Phi) is 6.46. The first kappa shape index (κ1) is 21.2.